The van der Waals surface area contributed by atoms with Crippen LogP contribution in [0, 0.1) is 0 Å². The molecular formula is C47H47N9O7. The molecule has 6 aromatic rings. The van der Waals surface area contributed by atoms with Crippen molar-refractivity contribution in [3.8, 4) is 33.6 Å². The van der Waals surface area contributed by atoms with E-state index in [4.69, 9.17) is 25.2 Å². The van der Waals surface area contributed by atoms with Crippen molar-refractivity contribution >= 4 is 29.9 Å². The van der Waals surface area contributed by atoms with E-state index in [1.165, 1.54) is 14.2 Å². The Labute approximate surface area is 363 Å². The fourth-order valence-electron chi connectivity index (χ4n) is 8.43. The lowest BCUT2D eigenvalue weighted by Gasteiger charge is -2.28. The number of primary amides is 1. The molecule has 4 aromatic carbocycles. The molecule has 4 heterocycles. The van der Waals surface area contributed by atoms with Crippen LogP contribution in [0.2, 0.25) is 0 Å². The average molecular weight is 850 g/mol. The SMILES string of the molecule is CNC(=O)c1nc([C@@H]2CCCN2C(=O)[C@H](OC(N)=O)c2ccccc2)[nH]c1-c1ccc(-c2ccc(-c3cnc([C@@H]4CCCN4C(=O)[C@H](NC(=O)OC)c4ccccc4)[nH]3)cc2)cc1. The number of alkyl carbamates (subject to hydrolysis) is 1. The van der Waals surface area contributed by atoms with Gasteiger partial charge in [0.05, 0.1) is 36.8 Å². The molecule has 0 unspecified atom stereocenters. The third-order valence-electron chi connectivity index (χ3n) is 11.6. The largest absolute Gasteiger partial charge is 0.453 e. The number of ether oxygens (including phenoxy) is 2. The first kappa shape index (κ1) is 42.0. The van der Waals surface area contributed by atoms with Crippen molar-refractivity contribution < 1.29 is 33.4 Å². The fourth-order valence-corrected chi connectivity index (χ4v) is 8.43. The van der Waals surface area contributed by atoms with Gasteiger partial charge in [0.2, 0.25) is 6.10 Å². The molecule has 2 aromatic heterocycles. The fraction of sp³-hybridized carbons (Fsp3) is 0.255. The number of benzene rings is 4. The highest BCUT2D eigenvalue weighted by Crippen LogP contribution is 2.37. The van der Waals surface area contributed by atoms with Crippen molar-refractivity contribution in [1.82, 2.24) is 40.4 Å². The predicted octanol–water partition coefficient (Wildman–Crippen LogP) is 6.75. The van der Waals surface area contributed by atoms with Crippen LogP contribution in [0.3, 0.4) is 0 Å². The molecule has 0 aliphatic carbocycles. The lowest BCUT2D eigenvalue weighted by molar-refractivity contribution is -0.141. The molecule has 63 heavy (non-hydrogen) atoms. The number of hydrogen-bond donors (Lipinski definition) is 5. The highest BCUT2D eigenvalue weighted by Gasteiger charge is 2.39. The number of likely N-dealkylation sites (tertiary alicyclic amines) is 2. The third kappa shape index (κ3) is 8.87. The molecule has 6 N–H and O–H groups in total. The summed E-state index contributed by atoms with van der Waals surface area (Å²) in [5, 5.41) is 5.37. The number of hydrogen-bond acceptors (Lipinski definition) is 9. The zero-order chi connectivity index (χ0) is 44.0. The van der Waals surface area contributed by atoms with Crippen molar-refractivity contribution in [2.75, 3.05) is 27.2 Å². The number of H-pyrrole nitrogens is 2. The van der Waals surface area contributed by atoms with E-state index in [1.54, 1.807) is 58.5 Å². The highest BCUT2D eigenvalue weighted by molar-refractivity contribution is 5.98. The first-order chi connectivity index (χ1) is 30.6. The van der Waals surface area contributed by atoms with Gasteiger partial charge in [0.25, 0.3) is 17.7 Å². The molecule has 16 nitrogen and oxygen atoms in total. The zero-order valence-corrected chi connectivity index (χ0v) is 34.7. The van der Waals surface area contributed by atoms with Crippen molar-refractivity contribution in [3.63, 3.8) is 0 Å². The summed E-state index contributed by atoms with van der Waals surface area (Å²) in [6.07, 6.45) is 1.57. The lowest BCUT2D eigenvalue weighted by Crippen LogP contribution is -2.42. The summed E-state index contributed by atoms with van der Waals surface area (Å²) in [6.45, 7) is 0.932. The van der Waals surface area contributed by atoms with Gasteiger partial charge >= 0.3 is 12.2 Å². The topological polar surface area (TPSA) is 218 Å². The van der Waals surface area contributed by atoms with Gasteiger partial charge in [-0.2, -0.15) is 0 Å². The van der Waals surface area contributed by atoms with E-state index in [2.05, 4.69) is 20.6 Å². The minimum atomic E-state index is -1.23. The number of amides is 5. The molecule has 2 aliphatic heterocycles. The van der Waals surface area contributed by atoms with Crippen LogP contribution in [0.4, 0.5) is 9.59 Å². The van der Waals surface area contributed by atoms with Gasteiger partial charge in [0.15, 0.2) is 5.69 Å². The quantitative estimate of drug-likeness (QED) is 0.0878. The van der Waals surface area contributed by atoms with Gasteiger partial charge in [-0.3, -0.25) is 14.4 Å². The Kier molecular flexibility index (Phi) is 12.3. The summed E-state index contributed by atoms with van der Waals surface area (Å²) in [6, 6.07) is 31.9. The van der Waals surface area contributed by atoms with Crippen LogP contribution in [0.25, 0.3) is 33.6 Å². The first-order valence-electron chi connectivity index (χ1n) is 20.7. The van der Waals surface area contributed by atoms with Crippen LogP contribution in [0.1, 0.15) is 83.2 Å². The number of imidazole rings is 2. The van der Waals surface area contributed by atoms with Gasteiger partial charge in [-0.25, -0.2) is 19.6 Å². The molecule has 2 aliphatic rings. The Morgan fingerprint density at radius 1 is 0.714 bits per heavy atom. The van der Waals surface area contributed by atoms with Gasteiger partial charge in [0, 0.05) is 31.3 Å². The van der Waals surface area contributed by atoms with Crippen LogP contribution < -0.4 is 16.4 Å². The molecule has 0 saturated carbocycles. The highest BCUT2D eigenvalue weighted by atomic mass is 16.6. The van der Waals surface area contributed by atoms with Crippen LogP contribution in [-0.4, -0.2) is 86.9 Å². The van der Waals surface area contributed by atoms with Crippen LogP contribution >= 0.6 is 0 Å². The number of aromatic amines is 2. The lowest BCUT2D eigenvalue weighted by atomic mass is 10.0. The third-order valence-corrected chi connectivity index (χ3v) is 11.6. The normalized spacial score (nSPS) is 16.9. The van der Waals surface area contributed by atoms with Crippen molar-refractivity contribution in [2.24, 2.45) is 5.73 Å². The number of nitrogens with zero attached hydrogens (tertiary/aromatic N) is 4. The van der Waals surface area contributed by atoms with Gasteiger partial charge in [-0.15, -0.1) is 0 Å². The van der Waals surface area contributed by atoms with E-state index in [-0.39, 0.29) is 23.6 Å². The monoisotopic (exact) mass is 849 g/mol. The molecular weight excluding hydrogens is 803 g/mol. The summed E-state index contributed by atoms with van der Waals surface area (Å²) in [7, 11) is 2.80. The first-order valence-corrected chi connectivity index (χ1v) is 20.7. The standard InChI is InChI=1S/C47H47N9O7/c1-49-43(57)39-37(52-42(53-39)36-16-10-26-56(36)45(59)40(63-46(48)60)33-13-7-4-8-14-33)32-23-19-29(20-24-32)28-17-21-30(22-18-28)34-27-50-41(51-34)35-15-9-25-55(35)44(58)38(54-47(61)62-2)31-11-5-3-6-12-31/h3-8,11-14,17-24,27,35-36,38,40H,9-10,15-16,25-26H2,1-2H3,(H2,48,60)(H,49,57)(H,50,51)(H,52,53)(H,54,61)/t35-,36-,38+,40+/m0/s1. The zero-order valence-electron chi connectivity index (χ0n) is 34.7. The molecule has 0 radical (unpaired) electrons. The second-order valence-electron chi connectivity index (χ2n) is 15.3. The number of nitrogens with two attached hydrogens (primary N) is 1. The van der Waals surface area contributed by atoms with E-state index in [9.17, 15) is 24.0 Å². The smallest absolute Gasteiger partial charge is 0.407 e. The molecule has 0 spiro atoms. The van der Waals surface area contributed by atoms with Crippen molar-refractivity contribution in [2.45, 2.75) is 49.9 Å². The summed E-state index contributed by atoms with van der Waals surface area (Å²) >= 11 is 0. The molecule has 2 fully saturated rings. The maximum absolute atomic E-state index is 13.9. The summed E-state index contributed by atoms with van der Waals surface area (Å²) in [5.74, 6) is 0.0590. The Morgan fingerprint density at radius 2 is 1.27 bits per heavy atom. The summed E-state index contributed by atoms with van der Waals surface area (Å²) in [4.78, 5) is 84.7. The van der Waals surface area contributed by atoms with Gasteiger partial charge in [-0.1, -0.05) is 109 Å². The second kappa shape index (κ2) is 18.5. The van der Waals surface area contributed by atoms with Crippen LogP contribution in [-0.2, 0) is 19.1 Å². The number of methoxy groups -OCH3 is 1. The van der Waals surface area contributed by atoms with Crippen molar-refractivity contribution in [1.29, 1.82) is 0 Å². The van der Waals surface area contributed by atoms with Crippen LogP contribution in [0.5, 0.6) is 0 Å². The van der Waals surface area contributed by atoms with E-state index in [1.807, 2.05) is 66.7 Å². The molecule has 8 rings (SSSR count). The van der Waals surface area contributed by atoms with E-state index in [0.29, 0.717) is 54.4 Å². The Morgan fingerprint density at radius 3 is 1.86 bits per heavy atom. The number of rotatable bonds is 12. The van der Waals surface area contributed by atoms with Gasteiger partial charge in [0.1, 0.15) is 17.7 Å². The minimum Gasteiger partial charge on any atom is -0.453 e. The van der Waals surface area contributed by atoms with E-state index in [0.717, 1.165) is 40.8 Å². The minimum absolute atomic E-state index is 0.190. The second-order valence-corrected chi connectivity index (χ2v) is 15.3. The Balaban J connectivity index is 0.980. The molecule has 5 amide bonds. The number of carbonyl (C=O) groups excluding carboxylic acids is 5. The maximum Gasteiger partial charge on any atom is 0.407 e. The van der Waals surface area contributed by atoms with E-state index >= 15 is 0 Å². The van der Waals surface area contributed by atoms with Crippen LogP contribution in [0.15, 0.2) is 115 Å². The summed E-state index contributed by atoms with van der Waals surface area (Å²) < 4.78 is 10.1. The molecule has 16 heteroatoms. The number of aromatic nitrogens is 4. The Hall–Kier alpha value is -7.75. The maximum atomic E-state index is 13.9. The molecule has 322 valence electrons. The molecule has 4 atom stereocenters. The predicted molar refractivity (Wildman–Crippen MR) is 232 cm³/mol. The average Bonchev–Trinajstić information content (AvgIpc) is 4.17. The number of carbonyl (C=O) groups is 5. The Bertz CT molecular complexity index is 2600. The molecule has 0 bridgehead atoms. The number of nitrogens with one attached hydrogen (secondary N) is 4. The van der Waals surface area contributed by atoms with E-state index < -0.39 is 36.3 Å². The van der Waals surface area contributed by atoms with Gasteiger partial charge < -0.3 is 45.6 Å². The van der Waals surface area contributed by atoms with Gasteiger partial charge in [-0.05, 0) is 47.9 Å². The molecule has 2 saturated heterocycles. The summed E-state index contributed by atoms with van der Waals surface area (Å²) in [5.41, 5.74) is 11.6. The van der Waals surface area contributed by atoms with Crippen molar-refractivity contribution in [3.05, 3.63) is 144 Å².